The van der Waals surface area contributed by atoms with Gasteiger partial charge in [0.15, 0.2) is 0 Å². The van der Waals surface area contributed by atoms with Crippen LogP contribution in [-0.2, 0) is 22.0 Å². The number of pyridine rings is 1. The highest BCUT2D eigenvalue weighted by Crippen LogP contribution is 2.37. The highest BCUT2D eigenvalue weighted by molar-refractivity contribution is 7.88. The lowest BCUT2D eigenvalue weighted by Gasteiger charge is -2.33. The monoisotopic (exact) mass is 447 g/mol. The minimum atomic E-state index is -3.45. The molecule has 0 aliphatic carbocycles. The summed E-state index contributed by atoms with van der Waals surface area (Å²) in [6, 6.07) is 7.34. The molecule has 0 atom stereocenters. The van der Waals surface area contributed by atoms with Crippen LogP contribution in [0, 0.1) is 0 Å². The van der Waals surface area contributed by atoms with E-state index >= 15 is 0 Å². The van der Waals surface area contributed by atoms with Crippen LogP contribution in [-0.4, -0.2) is 50.2 Å². The van der Waals surface area contributed by atoms with E-state index in [0.717, 1.165) is 42.6 Å². The molecule has 7 nitrogen and oxygen atoms in total. The maximum atomic E-state index is 12.7. The molecule has 1 aliphatic heterocycles. The third-order valence-electron chi connectivity index (χ3n) is 5.81. The molecule has 0 amide bonds. The van der Waals surface area contributed by atoms with Crippen molar-refractivity contribution in [1.82, 2.24) is 14.6 Å². The molecule has 1 aromatic heterocycles. The van der Waals surface area contributed by atoms with Crippen molar-refractivity contribution in [2.45, 2.75) is 51.6 Å². The number of hydrogen-bond donors (Lipinski definition) is 2. The van der Waals surface area contributed by atoms with E-state index in [0.29, 0.717) is 11.3 Å². The molecule has 3 rings (SSSR count). The molecule has 31 heavy (non-hydrogen) atoms. The summed E-state index contributed by atoms with van der Waals surface area (Å²) in [7, 11) is -1.84. The zero-order valence-corrected chi connectivity index (χ0v) is 19.8. The minimum Gasteiger partial charge on any atom is -0.496 e. The van der Waals surface area contributed by atoms with E-state index < -0.39 is 10.0 Å². The Hall–Kier alpha value is -2.16. The molecule has 2 aromatic rings. The molecule has 0 unspecified atom stereocenters. The van der Waals surface area contributed by atoms with Crippen molar-refractivity contribution in [1.29, 1.82) is 0 Å². The van der Waals surface area contributed by atoms with Gasteiger partial charge in [0.25, 0.3) is 5.56 Å². The van der Waals surface area contributed by atoms with Crippen LogP contribution < -0.4 is 15.6 Å². The molecule has 1 fully saturated rings. The van der Waals surface area contributed by atoms with Crippen LogP contribution in [0.5, 0.6) is 5.75 Å². The number of aromatic amines is 1. The van der Waals surface area contributed by atoms with Crippen molar-refractivity contribution in [2.24, 2.45) is 0 Å². The van der Waals surface area contributed by atoms with Crippen LogP contribution in [0.4, 0.5) is 0 Å². The van der Waals surface area contributed by atoms with Gasteiger partial charge in [-0.2, -0.15) is 4.31 Å². The number of nitrogens with one attached hydrogen (secondary N) is 2. The smallest absolute Gasteiger partial charge is 0.255 e. The first-order valence-electron chi connectivity index (χ1n) is 10.6. The fraction of sp³-hybridized carbons (Fsp3) is 0.522. The molecule has 0 bridgehead atoms. The number of benzene rings is 1. The maximum Gasteiger partial charge on any atom is 0.255 e. The van der Waals surface area contributed by atoms with Gasteiger partial charge in [0.05, 0.1) is 13.4 Å². The molecule has 2 heterocycles. The van der Waals surface area contributed by atoms with Crippen molar-refractivity contribution in [3.63, 3.8) is 0 Å². The van der Waals surface area contributed by atoms with Gasteiger partial charge in [-0.15, -0.1) is 0 Å². The van der Waals surface area contributed by atoms with Gasteiger partial charge in [-0.25, -0.2) is 8.42 Å². The molecule has 1 aliphatic rings. The molecule has 1 saturated heterocycles. The lowest BCUT2D eigenvalue weighted by atomic mass is 9.83. The summed E-state index contributed by atoms with van der Waals surface area (Å²) in [5.74, 6) is 0.692. The van der Waals surface area contributed by atoms with Crippen molar-refractivity contribution < 1.29 is 13.2 Å². The second-order valence-electron chi connectivity index (χ2n) is 9.16. The van der Waals surface area contributed by atoms with Crippen molar-refractivity contribution in [3.05, 3.63) is 51.9 Å². The van der Waals surface area contributed by atoms with Crippen molar-refractivity contribution in [3.8, 4) is 16.9 Å². The topological polar surface area (TPSA) is 91.5 Å². The largest absolute Gasteiger partial charge is 0.496 e. The fourth-order valence-electron chi connectivity index (χ4n) is 4.17. The van der Waals surface area contributed by atoms with Crippen LogP contribution >= 0.6 is 0 Å². The quantitative estimate of drug-likeness (QED) is 0.711. The summed E-state index contributed by atoms with van der Waals surface area (Å²) in [4.78, 5) is 15.4. The summed E-state index contributed by atoms with van der Waals surface area (Å²) in [6.45, 7) is 8.01. The van der Waals surface area contributed by atoms with Gasteiger partial charge in [0.2, 0.25) is 10.0 Å². The number of sulfonamides is 1. The molecule has 0 spiro atoms. The molecule has 1 aromatic carbocycles. The average molecular weight is 448 g/mol. The first-order valence-corrected chi connectivity index (χ1v) is 12.4. The summed E-state index contributed by atoms with van der Waals surface area (Å²) in [6.07, 6.45) is 4.36. The minimum absolute atomic E-state index is 0.0774. The molecule has 2 N–H and O–H groups in total. The normalized spacial score (nSPS) is 15.9. The first kappa shape index (κ1) is 23.5. The Morgan fingerprint density at radius 1 is 1.16 bits per heavy atom. The number of ether oxygens (including phenoxy) is 1. The van der Waals surface area contributed by atoms with E-state index in [2.05, 4.69) is 31.1 Å². The molecular formula is C23H33N3O4S. The number of H-pyrrole nitrogens is 1. The van der Waals surface area contributed by atoms with Gasteiger partial charge in [-0.1, -0.05) is 20.8 Å². The number of piperidine rings is 1. The third kappa shape index (κ3) is 5.37. The second kappa shape index (κ2) is 9.14. The predicted molar refractivity (Wildman–Crippen MR) is 124 cm³/mol. The SMILES string of the molecule is COc1cc(CN(C2CCNCC2)S(C)(=O)=O)c(-c2ccc[nH]c2=O)cc1C(C)(C)C. The molecular weight excluding hydrogens is 414 g/mol. The van der Waals surface area contributed by atoms with Crippen LogP contribution in [0.1, 0.15) is 44.7 Å². The van der Waals surface area contributed by atoms with Gasteiger partial charge in [0.1, 0.15) is 5.75 Å². The average Bonchev–Trinajstić information content (AvgIpc) is 2.71. The van der Waals surface area contributed by atoms with Crippen molar-refractivity contribution in [2.75, 3.05) is 26.5 Å². The van der Waals surface area contributed by atoms with E-state index in [4.69, 9.17) is 4.74 Å². The van der Waals surface area contributed by atoms with Crippen LogP contribution in [0.3, 0.4) is 0 Å². The van der Waals surface area contributed by atoms with E-state index in [1.807, 2.05) is 12.1 Å². The Morgan fingerprint density at radius 2 is 1.84 bits per heavy atom. The van der Waals surface area contributed by atoms with E-state index in [-0.39, 0.29) is 23.6 Å². The molecule has 8 heteroatoms. The lowest BCUT2D eigenvalue weighted by Crippen LogP contribution is -2.45. The Kier molecular flexibility index (Phi) is 6.93. The Bertz CT molecular complexity index is 1080. The highest BCUT2D eigenvalue weighted by atomic mass is 32.2. The molecule has 0 saturated carbocycles. The van der Waals surface area contributed by atoms with E-state index in [1.54, 1.807) is 29.7 Å². The second-order valence-corrected chi connectivity index (χ2v) is 11.1. The molecule has 170 valence electrons. The number of hydrogen-bond acceptors (Lipinski definition) is 5. The van der Waals surface area contributed by atoms with Crippen LogP contribution in [0.15, 0.2) is 35.3 Å². The zero-order valence-electron chi connectivity index (χ0n) is 19.0. The first-order chi connectivity index (χ1) is 14.5. The molecule has 0 radical (unpaired) electrons. The summed E-state index contributed by atoms with van der Waals surface area (Å²) < 4.78 is 32.7. The van der Waals surface area contributed by atoms with Crippen LogP contribution in [0.25, 0.3) is 11.1 Å². The summed E-state index contributed by atoms with van der Waals surface area (Å²) in [5.41, 5.74) is 2.54. The number of nitrogens with zero attached hydrogens (tertiary/aromatic N) is 1. The summed E-state index contributed by atoms with van der Waals surface area (Å²) >= 11 is 0. The van der Waals surface area contributed by atoms with Gasteiger partial charge >= 0.3 is 0 Å². The van der Waals surface area contributed by atoms with Crippen molar-refractivity contribution >= 4 is 10.0 Å². The van der Waals surface area contributed by atoms with Gasteiger partial charge in [-0.3, -0.25) is 4.79 Å². The van der Waals surface area contributed by atoms with Gasteiger partial charge in [0, 0.05) is 29.9 Å². The predicted octanol–water partition coefficient (Wildman–Crippen LogP) is 2.86. The number of aromatic nitrogens is 1. The number of rotatable bonds is 6. The fourth-order valence-corrected chi connectivity index (χ4v) is 5.30. The van der Waals surface area contributed by atoms with Crippen LogP contribution in [0.2, 0.25) is 0 Å². The Balaban J connectivity index is 2.19. The standard InChI is InChI=1S/C23H33N3O4S/c1-23(2,3)20-14-19(18-7-6-10-25-22(18)27)16(13-21(20)30-4)15-26(31(5,28)29)17-8-11-24-12-9-17/h6-7,10,13-14,17,24H,8-9,11-12,15H2,1-5H3,(H,25,27). The maximum absolute atomic E-state index is 12.7. The Labute approximate surface area is 184 Å². The lowest BCUT2D eigenvalue weighted by molar-refractivity contribution is 0.258. The number of methoxy groups -OCH3 is 1. The zero-order chi connectivity index (χ0) is 22.8. The van der Waals surface area contributed by atoms with Gasteiger partial charge < -0.3 is 15.0 Å². The Morgan fingerprint density at radius 3 is 2.39 bits per heavy atom. The van der Waals surface area contributed by atoms with E-state index in [1.165, 1.54) is 6.26 Å². The third-order valence-corrected chi connectivity index (χ3v) is 7.09. The van der Waals surface area contributed by atoms with Gasteiger partial charge in [-0.05, 0) is 66.7 Å². The van der Waals surface area contributed by atoms with E-state index in [9.17, 15) is 13.2 Å². The highest BCUT2D eigenvalue weighted by Gasteiger charge is 2.30. The summed E-state index contributed by atoms with van der Waals surface area (Å²) in [5, 5.41) is 3.28.